The molecule has 1 aromatic heterocycles. The maximum absolute atomic E-state index is 13.2. The van der Waals surface area contributed by atoms with E-state index in [1.165, 1.54) is 28.0 Å². The minimum Gasteiger partial charge on any atom is -0.294 e. The highest BCUT2D eigenvalue weighted by molar-refractivity contribution is 7.19. The highest BCUT2D eigenvalue weighted by Crippen LogP contribution is 2.30. The molecule has 1 aliphatic rings. The standard InChI is InChI=1S/C27H20O2S/c28-23-12-7-13-24-26(23)27(29)22-16-20(14-18-8-3-1-4-9-18)21(17-25(22)30-24)15-19-10-5-2-6-11-19/h1-11,13,16-17H,12,14-15H2. The zero-order chi connectivity index (χ0) is 20.5. The second-order valence-electron chi connectivity index (χ2n) is 7.64. The third-order valence-electron chi connectivity index (χ3n) is 5.57. The van der Waals surface area contributed by atoms with E-state index >= 15 is 0 Å². The van der Waals surface area contributed by atoms with Crippen LogP contribution in [0.4, 0.5) is 0 Å². The first-order valence-electron chi connectivity index (χ1n) is 10.1. The lowest BCUT2D eigenvalue weighted by Gasteiger charge is -2.14. The Morgan fingerprint density at radius 3 is 2.00 bits per heavy atom. The number of Topliss-reactive ketones (excluding diaryl/α,β-unsaturated/α-hetero) is 1. The average molecular weight is 409 g/mol. The normalized spacial score (nSPS) is 12.9. The van der Waals surface area contributed by atoms with E-state index in [2.05, 4.69) is 42.5 Å². The van der Waals surface area contributed by atoms with Gasteiger partial charge in [0.15, 0.2) is 11.2 Å². The molecule has 0 aliphatic heterocycles. The predicted octanol–water partition coefficient (Wildman–Crippen LogP) is 6.04. The fraction of sp³-hybridized carbons (Fsp3) is 0.111. The number of hydrogen-bond donors (Lipinski definition) is 0. The number of carbonyl (C=O) groups excluding carboxylic acids is 1. The van der Waals surface area contributed by atoms with Gasteiger partial charge in [-0.25, -0.2) is 0 Å². The zero-order valence-electron chi connectivity index (χ0n) is 16.4. The Bertz CT molecular complexity index is 1330. The van der Waals surface area contributed by atoms with Crippen LogP contribution in [-0.2, 0) is 12.8 Å². The van der Waals surface area contributed by atoms with Gasteiger partial charge in [0.25, 0.3) is 0 Å². The molecule has 3 heteroatoms. The van der Waals surface area contributed by atoms with Gasteiger partial charge in [-0.1, -0.05) is 66.7 Å². The molecule has 146 valence electrons. The van der Waals surface area contributed by atoms with Crippen LogP contribution in [0.1, 0.15) is 43.9 Å². The first-order chi connectivity index (χ1) is 14.7. The molecule has 0 radical (unpaired) electrons. The van der Waals surface area contributed by atoms with Crippen LogP contribution >= 0.6 is 11.3 Å². The highest BCUT2D eigenvalue weighted by Gasteiger charge is 2.21. The smallest absolute Gasteiger partial charge is 0.199 e. The van der Waals surface area contributed by atoms with Crippen molar-refractivity contribution in [1.29, 1.82) is 0 Å². The summed E-state index contributed by atoms with van der Waals surface area (Å²) in [5, 5.41) is 0.658. The van der Waals surface area contributed by atoms with E-state index in [4.69, 9.17) is 0 Å². The zero-order valence-corrected chi connectivity index (χ0v) is 17.2. The van der Waals surface area contributed by atoms with Crippen molar-refractivity contribution >= 4 is 33.3 Å². The summed E-state index contributed by atoms with van der Waals surface area (Å²) in [5.41, 5.74) is 5.04. The van der Waals surface area contributed by atoms with E-state index in [1.54, 1.807) is 0 Å². The van der Waals surface area contributed by atoms with Crippen LogP contribution in [0.2, 0.25) is 0 Å². The summed E-state index contributed by atoms with van der Waals surface area (Å²) in [7, 11) is 0. The Morgan fingerprint density at radius 2 is 1.37 bits per heavy atom. The lowest BCUT2D eigenvalue weighted by Crippen LogP contribution is -2.18. The number of fused-ring (bicyclic) bond motifs is 2. The number of hydrogen-bond acceptors (Lipinski definition) is 3. The molecule has 0 N–H and O–H groups in total. The Balaban J connectivity index is 1.70. The van der Waals surface area contributed by atoms with Gasteiger partial charge in [0.1, 0.15) is 0 Å². The largest absolute Gasteiger partial charge is 0.294 e. The fourth-order valence-electron chi connectivity index (χ4n) is 4.06. The van der Waals surface area contributed by atoms with E-state index in [0.29, 0.717) is 17.4 Å². The summed E-state index contributed by atoms with van der Waals surface area (Å²) in [5.74, 6) is -0.0754. The molecule has 0 unspecified atom stereocenters. The number of allylic oxidation sites excluding steroid dienone is 1. The van der Waals surface area contributed by atoms with Gasteiger partial charge < -0.3 is 0 Å². The Morgan fingerprint density at radius 1 is 0.767 bits per heavy atom. The van der Waals surface area contributed by atoms with E-state index < -0.39 is 0 Å². The molecule has 0 atom stereocenters. The van der Waals surface area contributed by atoms with Crippen LogP contribution in [0.5, 0.6) is 0 Å². The molecule has 0 fully saturated rings. The summed E-state index contributed by atoms with van der Waals surface area (Å²) in [6, 6.07) is 24.9. The summed E-state index contributed by atoms with van der Waals surface area (Å²) < 4.78 is 0.945. The molecule has 1 aliphatic carbocycles. The molecule has 3 aromatic carbocycles. The molecule has 0 saturated heterocycles. The Kier molecular flexibility index (Phi) is 4.89. The molecule has 5 rings (SSSR count). The maximum atomic E-state index is 13.2. The van der Waals surface area contributed by atoms with Crippen molar-refractivity contribution in [1.82, 2.24) is 0 Å². The van der Waals surface area contributed by atoms with Gasteiger partial charge in [-0.2, -0.15) is 0 Å². The average Bonchev–Trinajstić information content (AvgIpc) is 2.76. The summed E-state index contributed by atoms with van der Waals surface area (Å²) >= 11 is 1.54. The molecular weight excluding hydrogens is 388 g/mol. The second kappa shape index (κ2) is 7.85. The third-order valence-corrected chi connectivity index (χ3v) is 6.68. The first-order valence-corrected chi connectivity index (χ1v) is 10.9. The van der Waals surface area contributed by atoms with Crippen LogP contribution in [-0.4, -0.2) is 5.78 Å². The number of benzene rings is 3. The Hall–Kier alpha value is -3.30. The minimum atomic E-state index is -0.131. The van der Waals surface area contributed by atoms with Gasteiger partial charge in [-0.05, 0) is 53.3 Å². The lowest BCUT2D eigenvalue weighted by molar-refractivity contribution is 0.0994. The molecule has 0 saturated carbocycles. The molecule has 2 nitrogen and oxygen atoms in total. The van der Waals surface area contributed by atoms with Crippen LogP contribution in [0.15, 0.2) is 83.7 Å². The summed E-state index contributed by atoms with van der Waals surface area (Å²) in [6.07, 6.45) is 5.64. The van der Waals surface area contributed by atoms with Gasteiger partial charge in [0.05, 0.1) is 5.56 Å². The molecule has 30 heavy (non-hydrogen) atoms. The van der Waals surface area contributed by atoms with Crippen molar-refractivity contribution in [2.24, 2.45) is 0 Å². The van der Waals surface area contributed by atoms with E-state index in [9.17, 15) is 9.59 Å². The lowest BCUT2D eigenvalue weighted by atomic mass is 9.93. The van der Waals surface area contributed by atoms with Crippen LogP contribution in [0, 0.1) is 0 Å². The van der Waals surface area contributed by atoms with Gasteiger partial charge in [-0.3, -0.25) is 9.59 Å². The quantitative estimate of drug-likeness (QED) is 0.412. The van der Waals surface area contributed by atoms with Gasteiger partial charge in [0, 0.05) is 21.4 Å². The minimum absolute atomic E-state index is 0.0754. The predicted molar refractivity (Wildman–Crippen MR) is 125 cm³/mol. The molecular formula is C27H20O2S. The molecule has 0 spiro atoms. The van der Waals surface area contributed by atoms with Crippen molar-refractivity contribution in [3.05, 3.63) is 122 Å². The van der Waals surface area contributed by atoms with Crippen molar-refractivity contribution in [3.8, 4) is 0 Å². The van der Waals surface area contributed by atoms with Crippen LogP contribution in [0.3, 0.4) is 0 Å². The molecule has 0 bridgehead atoms. The number of rotatable bonds is 4. The second-order valence-corrected chi connectivity index (χ2v) is 8.73. The fourth-order valence-corrected chi connectivity index (χ4v) is 5.23. The van der Waals surface area contributed by atoms with Crippen molar-refractivity contribution < 1.29 is 4.79 Å². The van der Waals surface area contributed by atoms with E-state index in [1.807, 2.05) is 42.5 Å². The highest BCUT2D eigenvalue weighted by atomic mass is 32.1. The van der Waals surface area contributed by atoms with Crippen LogP contribution in [0.25, 0.3) is 16.2 Å². The summed E-state index contributed by atoms with van der Waals surface area (Å²) in [6.45, 7) is 0. The number of ketones is 1. The van der Waals surface area contributed by atoms with E-state index in [-0.39, 0.29) is 11.2 Å². The van der Waals surface area contributed by atoms with Crippen LogP contribution < -0.4 is 5.43 Å². The molecule has 0 amide bonds. The van der Waals surface area contributed by atoms with E-state index in [0.717, 1.165) is 28.0 Å². The Labute approximate surface area is 179 Å². The summed E-state index contributed by atoms with van der Waals surface area (Å²) in [4.78, 5) is 26.4. The molecule has 1 heterocycles. The third kappa shape index (κ3) is 3.53. The monoisotopic (exact) mass is 408 g/mol. The maximum Gasteiger partial charge on any atom is 0.199 e. The van der Waals surface area contributed by atoms with Gasteiger partial charge in [-0.15, -0.1) is 11.3 Å². The SMILES string of the molecule is O=C1CC=Cc2sc3cc(Cc4ccccc4)c(Cc4ccccc4)cc3c(=O)c21. The molecule has 4 aromatic rings. The number of carbonyl (C=O) groups is 1. The first kappa shape index (κ1) is 18.7. The topological polar surface area (TPSA) is 34.1 Å². The van der Waals surface area contributed by atoms with Crippen molar-refractivity contribution in [2.75, 3.05) is 0 Å². The van der Waals surface area contributed by atoms with Gasteiger partial charge in [0.2, 0.25) is 0 Å². The van der Waals surface area contributed by atoms with Gasteiger partial charge >= 0.3 is 0 Å². The van der Waals surface area contributed by atoms with Crippen molar-refractivity contribution in [2.45, 2.75) is 19.3 Å². The van der Waals surface area contributed by atoms with Crippen molar-refractivity contribution in [3.63, 3.8) is 0 Å².